The molecule has 0 bridgehead atoms. The number of carbonyl (C=O) groups is 1. The molecule has 20 heavy (non-hydrogen) atoms. The van der Waals surface area contributed by atoms with Gasteiger partial charge in [0, 0.05) is 23.7 Å². The van der Waals surface area contributed by atoms with Crippen LogP contribution in [0.3, 0.4) is 0 Å². The van der Waals surface area contributed by atoms with E-state index in [2.05, 4.69) is 11.9 Å². The normalized spacial score (nSPS) is 12.3. The summed E-state index contributed by atoms with van der Waals surface area (Å²) >= 11 is 0. The molecule has 0 aliphatic rings. The number of amides is 1. The van der Waals surface area contributed by atoms with E-state index in [0.29, 0.717) is 17.9 Å². The SMILES string of the molecule is CCC(C)N(CC)C(=O)c1cc(N)c2ccccc2n1. The molecule has 2 aromatic rings. The van der Waals surface area contributed by atoms with Crippen LogP contribution in [0.25, 0.3) is 10.9 Å². The van der Waals surface area contributed by atoms with Gasteiger partial charge in [0.05, 0.1) is 5.52 Å². The van der Waals surface area contributed by atoms with Gasteiger partial charge in [-0.15, -0.1) is 0 Å². The maximum Gasteiger partial charge on any atom is 0.272 e. The standard InChI is InChI=1S/C16H21N3O/c1-4-11(3)19(5-2)16(20)15-10-13(17)12-8-6-7-9-14(12)18-15/h6-11H,4-5H2,1-3H3,(H2,17,18). The van der Waals surface area contributed by atoms with Crippen molar-refractivity contribution in [2.75, 3.05) is 12.3 Å². The van der Waals surface area contributed by atoms with Gasteiger partial charge in [-0.1, -0.05) is 25.1 Å². The van der Waals surface area contributed by atoms with Gasteiger partial charge in [0.15, 0.2) is 0 Å². The van der Waals surface area contributed by atoms with Gasteiger partial charge in [0.2, 0.25) is 0 Å². The predicted octanol–water partition coefficient (Wildman–Crippen LogP) is 3.08. The highest BCUT2D eigenvalue weighted by atomic mass is 16.2. The van der Waals surface area contributed by atoms with Crippen molar-refractivity contribution in [3.8, 4) is 0 Å². The number of fused-ring (bicyclic) bond motifs is 1. The molecule has 106 valence electrons. The van der Waals surface area contributed by atoms with E-state index in [4.69, 9.17) is 5.73 Å². The van der Waals surface area contributed by atoms with E-state index in [1.54, 1.807) is 6.07 Å². The number of aromatic nitrogens is 1. The summed E-state index contributed by atoms with van der Waals surface area (Å²) in [5.41, 5.74) is 7.81. The van der Waals surface area contributed by atoms with Crippen LogP contribution in [0.15, 0.2) is 30.3 Å². The fourth-order valence-electron chi connectivity index (χ4n) is 2.33. The van der Waals surface area contributed by atoms with Crippen molar-refractivity contribution in [2.24, 2.45) is 0 Å². The molecular weight excluding hydrogens is 250 g/mol. The quantitative estimate of drug-likeness (QED) is 0.929. The van der Waals surface area contributed by atoms with Crippen molar-refractivity contribution in [1.82, 2.24) is 9.88 Å². The highest BCUT2D eigenvalue weighted by Crippen LogP contribution is 2.21. The Bertz CT molecular complexity index is 624. The molecule has 0 aliphatic carbocycles. The van der Waals surface area contributed by atoms with E-state index >= 15 is 0 Å². The van der Waals surface area contributed by atoms with Gasteiger partial charge >= 0.3 is 0 Å². The zero-order valence-electron chi connectivity index (χ0n) is 12.3. The predicted molar refractivity (Wildman–Crippen MR) is 82.6 cm³/mol. The largest absolute Gasteiger partial charge is 0.398 e. The molecule has 2 N–H and O–H groups in total. The molecule has 1 amide bonds. The maximum absolute atomic E-state index is 12.6. The Balaban J connectivity index is 2.44. The minimum Gasteiger partial charge on any atom is -0.398 e. The van der Waals surface area contributed by atoms with Crippen molar-refractivity contribution in [3.05, 3.63) is 36.0 Å². The van der Waals surface area contributed by atoms with Gasteiger partial charge in [-0.2, -0.15) is 0 Å². The molecule has 1 unspecified atom stereocenters. The second kappa shape index (κ2) is 5.90. The number of para-hydroxylation sites is 1. The van der Waals surface area contributed by atoms with Gasteiger partial charge in [-0.05, 0) is 32.4 Å². The van der Waals surface area contributed by atoms with Crippen LogP contribution in [0.4, 0.5) is 5.69 Å². The van der Waals surface area contributed by atoms with Crippen molar-refractivity contribution < 1.29 is 4.79 Å². The molecular formula is C16H21N3O. The van der Waals surface area contributed by atoms with Gasteiger partial charge in [0.1, 0.15) is 5.69 Å². The van der Waals surface area contributed by atoms with Crippen LogP contribution in [-0.4, -0.2) is 28.4 Å². The summed E-state index contributed by atoms with van der Waals surface area (Å²) in [5, 5.41) is 0.885. The minimum absolute atomic E-state index is 0.0562. The molecule has 1 aromatic heterocycles. The monoisotopic (exact) mass is 271 g/mol. The van der Waals surface area contributed by atoms with Gasteiger partial charge in [-0.3, -0.25) is 4.79 Å². The lowest BCUT2D eigenvalue weighted by atomic mass is 10.1. The van der Waals surface area contributed by atoms with Crippen LogP contribution in [0.1, 0.15) is 37.7 Å². The van der Waals surface area contributed by atoms with E-state index in [9.17, 15) is 4.79 Å². The minimum atomic E-state index is -0.0562. The van der Waals surface area contributed by atoms with E-state index in [-0.39, 0.29) is 11.9 Å². The number of pyridine rings is 1. The van der Waals surface area contributed by atoms with Crippen LogP contribution in [0.2, 0.25) is 0 Å². The number of rotatable bonds is 4. The Morgan fingerprint density at radius 1 is 1.35 bits per heavy atom. The zero-order valence-corrected chi connectivity index (χ0v) is 12.3. The molecule has 1 heterocycles. The third-order valence-corrected chi connectivity index (χ3v) is 3.69. The fourth-order valence-corrected chi connectivity index (χ4v) is 2.33. The Morgan fingerprint density at radius 2 is 2.05 bits per heavy atom. The van der Waals surface area contributed by atoms with Crippen LogP contribution < -0.4 is 5.73 Å². The average molecular weight is 271 g/mol. The molecule has 4 heteroatoms. The molecule has 0 spiro atoms. The van der Waals surface area contributed by atoms with Crippen molar-refractivity contribution in [1.29, 1.82) is 0 Å². The topological polar surface area (TPSA) is 59.2 Å². The smallest absolute Gasteiger partial charge is 0.272 e. The maximum atomic E-state index is 12.6. The van der Waals surface area contributed by atoms with E-state index in [0.717, 1.165) is 17.3 Å². The number of carbonyl (C=O) groups excluding carboxylic acids is 1. The molecule has 2 rings (SSSR count). The first-order chi connectivity index (χ1) is 9.58. The molecule has 4 nitrogen and oxygen atoms in total. The number of hydrogen-bond donors (Lipinski definition) is 1. The zero-order chi connectivity index (χ0) is 14.7. The molecule has 1 atom stereocenters. The summed E-state index contributed by atoms with van der Waals surface area (Å²) in [6.45, 7) is 6.77. The summed E-state index contributed by atoms with van der Waals surface area (Å²) in [7, 11) is 0. The molecule has 0 saturated carbocycles. The second-order valence-electron chi connectivity index (χ2n) is 4.96. The molecule has 1 aromatic carbocycles. The number of anilines is 1. The number of nitrogens with two attached hydrogens (primary N) is 1. The molecule has 0 fully saturated rings. The van der Waals surface area contributed by atoms with Gasteiger partial charge in [0.25, 0.3) is 5.91 Å². The van der Waals surface area contributed by atoms with E-state index in [1.165, 1.54) is 0 Å². The highest BCUT2D eigenvalue weighted by molar-refractivity contribution is 5.99. The van der Waals surface area contributed by atoms with Crippen molar-refractivity contribution >= 4 is 22.5 Å². The fraction of sp³-hybridized carbons (Fsp3) is 0.375. The van der Waals surface area contributed by atoms with Crippen molar-refractivity contribution in [2.45, 2.75) is 33.2 Å². The lowest BCUT2D eigenvalue weighted by Gasteiger charge is -2.27. The second-order valence-corrected chi connectivity index (χ2v) is 4.96. The third-order valence-electron chi connectivity index (χ3n) is 3.69. The third kappa shape index (κ3) is 2.59. The number of hydrogen-bond acceptors (Lipinski definition) is 3. The van der Waals surface area contributed by atoms with E-state index < -0.39 is 0 Å². The van der Waals surface area contributed by atoms with Crippen LogP contribution in [-0.2, 0) is 0 Å². The van der Waals surface area contributed by atoms with Crippen LogP contribution in [0, 0.1) is 0 Å². The highest BCUT2D eigenvalue weighted by Gasteiger charge is 2.20. The summed E-state index contributed by atoms with van der Waals surface area (Å²) in [6, 6.07) is 9.48. The number of nitrogens with zero attached hydrogens (tertiary/aromatic N) is 2. The Morgan fingerprint density at radius 3 is 2.70 bits per heavy atom. The van der Waals surface area contributed by atoms with E-state index in [1.807, 2.05) is 43.0 Å². The number of nitrogen functional groups attached to an aromatic ring is 1. The Hall–Kier alpha value is -2.10. The first-order valence-corrected chi connectivity index (χ1v) is 7.04. The first kappa shape index (κ1) is 14.3. The number of benzene rings is 1. The Kier molecular flexibility index (Phi) is 4.23. The summed E-state index contributed by atoms with van der Waals surface area (Å²) in [5.74, 6) is -0.0562. The van der Waals surface area contributed by atoms with Gasteiger partial charge in [-0.25, -0.2) is 4.98 Å². The van der Waals surface area contributed by atoms with Gasteiger partial charge < -0.3 is 10.6 Å². The van der Waals surface area contributed by atoms with Crippen LogP contribution >= 0.6 is 0 Å². The Labute approximate surface area is 119 Å². The molecule has 0 aliphatic heterocycles. The molecule has 0 saturated heterocycles. The van der Waals surface area contributed by atoms with Crippen molar-refractivity contribution in [3.63, 3.8) is 0 Å². The average Bonchev–Trinajstić information content (AvgIpc) is 2.47. The summed E-state index contributed by atoms with van der Waals surface area (Å²) in [6.07, 6.45) is 0.919. The van der Waals surface area contributed by atoms with Crippen LogP contribution in [0.5, 0.6) is 0 Å². The first-order valence-electron chi connectivity index (χ1n) is 7.04. The summed E-state index contributed by atoms with van der Waals surface area (Å²) in [4.78, 5) is 18.9. The lowest BCUT2D eigenvalue weighted by molar-refractivity contribution is 0.0694. The lowest BCUT2D eigenvalue weighted by Crippen LogP contribution is -2.38. The summed E-state index contributed by atoms with van der Waals surface area (Å²) < 4.78 is 0. The molecule has 0 radical (unpaired) electrons.